The number of hydrogen-bond acceptors (Lipinski definition) is 4. The van der Waals surface area contributed by atoms with Crippen LogP contribution in [0.1, 0.15) is 53.1 Å². The van der Waals surface area contributed by atoms with Crippen LogP contribution in [0.15, 0.2) is 53.0 Å². The molecule has 2 aromatic carbocycles. The number of amides is 1. The number of sulfonamides is 1. The van der Waals surface area contributed by atoms with E-state index < -0.39 is 15.3 Å². The van der Waals surface area contributed by atoms with Gasteiger partial charge in [0.05, 0.1) is 5.25 Å². The zero-order valence-electron chi connectivity index (χ0n) is 18.5. The normalized spacial score (nSPS) is 25.6. The average Bonchev–Trinajstić information content (AvgIpc) is 2.78. The van der Waals surface area contributed by atoms with Gasteiger partial charge >= 0.3 is 0 Å². The summed E-state index contributed by atoms with van der Waals surface area (Å²) in [5.74, 6) is 0.236. The Hall–Kier alpha value is -1.74. The topological polar surface area (TPSA) is 78.5 Å². The summed E-state index contributed by atoms with van der Waals surface area (Å²) in [5.41, 5.74) is 2.75. The predicted octanol–water partition coefficient (Wildman–Crippen LogP) is 3.64. The van der Waals surface area contributed by atoms with Crippen molar-refractivity contribution >= 4 is 31.9 Å². The number of carbonyl (C=O) groups excluding carboxylic acids is 1. The molecule has 0 aromatic heterocycles. The van der Waals surface area contributed by atoms with E-state index in [1.165, 1.54) is 5.56 Å². The van der Waals surface area contributed by atoms with E-state index in [-0.39, 0.29) is 17.9 Å². The standard InChI is InChI=1S/C25H30BrN3O3S/c26-20-8-4-7-19-23(20)24-21(28-25(19)30)15-22(24)33(31,32)27-12-9-17-10-13-29(14-11-17)16-18-5-2-1-3-6-18/h1-8,17,21-22,24,27H,9-16H2,(H,28,30)/t21-,22-,24-/m1/s1. The van der Waals surface area contributed by atoms with E-state index in [0.29, 0.717) is 24.4 Å². The van der Waals surface area contributed by atoms with Crippen molar-refractivity contribution in [3.8, 4) is 0 Å². The fraction of sp³-hybridized carbons (Fsp3) is 0.480. The molecule has 0 radical (unpaired) electrons. The van der Waals surface area contributed by atoms with Gasteiger partial charge in [-0.1, -0.05) is 52.3 Å². The molecule has 8 heteroatoms. The van der Waals surface area contributed by atoms with Gasteiger partial charge in [0.15, 0.2) is 0 Å². The number of nitrogens with one attached hydrogen (secondary N) is 2. The number of likely N-dealkylation sites (tertiary alicyclic amines) is 1. The Morgan fingerprint density at radius 3 is 2.58 bits per heavy atom. The molecule has 5 rings (SSSR count). The summed E-state index contributed by atoms with van der Waals surface area (Å²) in [7, 11) is -3.46. The first-order valence-corrected chi connectivity index (χ1v) is 14.1. The summed E-state index contributed by atoms with van der Waals surface area (Å²) in [6, 6.07) is 15.9. The van der Waals surface area contributed by atoms with E-state index in [9.17, 15) is 13.2 Å². The molecule has 176 valence electrons. The van der Waals surface area contributed by atoms with Gasteiger partial charge in [-0.3, -0.25) is 9.69 Å². The van der Waals surface area contributed by atoms with E-state index in [0.717, 1.165) is 48.9 Å². The summed E-state index contributed by atoms with van der Waals surface area (Å²) in [4.78, 5) is 14.8. The highest BCUT2D eigenvalue weighted by Gasteiger charge is 2.53. The van der Waals surface area contributed by atoms with E-state index >= 15 is 0 Å². The molecule has 1 aliphatic carbocycles. The monoisotopic (exact) mass is 531 g/mol. The first kappa shape index (κ1) is 23.0. The number of rotatable bonds is 7. The van der Waals surface area contributed by atoms with Gasteiger partial charge in [-0.2, -0.15) is 0 Å². The molecule has 2 heterocycles. The number of hydrogen-bond donors (Lipinski definition) is 2. The minimum atomic E-state index is -3.46. The quantitative estimate of drug-likeness (QED) is 0.571. The summed E-state index contributed by atoms with van der Waals surface area (Å²) < 4.78 is 29.9. The Balaban J connectivity index is 1.13. The van der Waals surface area contributed by atoms with Crippen molar-refractivity contribution in [1.82, 2.24) is 14.9 Å². The molecule has 1 saturated carbocycles. The lowest BCUT2D eigenvalue weighted by Crippen LogP contribution is -2.61. The summed E-state index contributed by atoms with van der Waals surface area (Å²) >= 11 is 3.54. The van der Waals surface area contributed by atoms with Crippen LogP contribution in [0.2, 0.25) is 0 Å². The highest BCUT2D eigenvalue weighted by molar-refractivity contribution is 9.10. The van der Waals surface area contributed by atoms with Crippen LogP contribution in [0.3, 0.4) is 0 Å². The molecule has 1 saturated heterocycles. The number of carbonyl (C=O) groups is 1. The van der Waals surface area contributed by atoms with Crippen LogP contribution in [0.4, 0.5) is 0 Å². The van der Waals surface area contributed by atoms with Gasteiger partial charge in [0, 0.05) is 35.1 Å². The van der Waals surface area contributed by atoms with E-state index in [2.05, 4.69) is 55.1 Å². The second-order valence-corrected chi connectivity index (χ2v) is 12.4. The molecule has 2 N–H and O–H groups in total. The second kappa shape index (κ2) is 9.49. The second-order valence-electron chi connectivity index (χ2n) is 9.51. The van der Waals surface area contributed by atoms with Crippen molar-refractivity contribution in [2.45, 2.75) is 49.4 Å². The summed E-state index contributed by atoms with van der Waals surface area (Å²) in [5, 5.41) is 2.47. The van der Waals surface area contributed by atoms with Crippen molar-refractivity contribution in [3.05, 3.63) is 69.7 Å². The van der Waals surface area contributed by atoms with E-state index in [1.807, 2.05) is 18.2 Å². The Labute approximate surface area is 204 Å². The first-order chi connectivity index (χ1) is 15.9. The van der Waals surface area contributed by atoms with Gasteiger partial charge in [0.25, 0.3) is 5.91 Å². The van der Waals surface area contributed by atoms with Crippen LogP contribution in [0.5, 0.6) is 0 Å². The fourth-order valence-corrected chi connectivity index (χ4v) is 7.99. The van der Waals surface area contributed by atoms with Crippen LogP contribution < -0.4 is 10.0 Å². The van der Waals surface area contributed by atoms with Gasteiger partial charge in [-0.05, 0) is 68.0 Å². The largest absolute Gasteiger partial charge is 0.349 e. The molecular formula is C25H30BrN3O3S. The van der Waals surface area contributed by atoms with Crippen LogP contribution in [0.25, 0.3) is 0 Å². The van der Waals surface area contributed by atoms with Crippen molar-refractivity contribution in [2.24, 2.45) is 5.92 Å². The maximum atomic E-state index is 13.1. The van der Waals surface area contributed by atoms with Crippen LogP contribution in [-0.4, -0.2) is 50.2 Å². The van der Waals surface area contributed by atoms with E-state index in [4.69, 9.17) is 0 Å². The Morgan fingerprint density at radius 1 is 1.06 bits per heavy atom. The van der Waals surface area contributed by atoms with Crippen molar-refractivity contribution in [1.29, 1.82) is 0 Å². The molecule has 6 nitrogen and oxygen atoms in total. The minimum Gasteiger partial charge on any atom is -0.349 e. The molecule has 3 atom stereocenters. The molecule has 2 aromatic rings. The molecule has 33 heavy (non-hydrogen) atoms. The van der Waals surface area contributed by atoms with Gasteiger partial charge in [-0.25, -0.2) is 13.1 Å². The first-order valence-electron chi connectivity index (χ1n) is 11.8. The number of benzene rings is 2. The molecule has 2 fully saturated rings. The number of piperidine rings is 1. The van der Waals surface area contributed by atoms with Gasteiger partial charge in [-0.15, -0.1) is 0 Å². The van der Waals surface area contributed by atoms with Crippen molar-refractivity contribution < 1.29 is 13.2 Å². The Kier molecular flexibility index (Phi) is 6.62. The molecular weight excluding hydrogens is 502 g/mol. The maximum absolute atomic E-state index is 13.1. The molecule has 2 aliphatic heterocycles. The fourth-order valence-electron chi connectivity index (χ4n) is 5.57. The summed E-state index contributed by atoms with van der Waals surface area (Å²) in [6.45, 7) is 3.58. The SMILES string of the molecule is O=C1N[C@@H]2C[C@@H](S(=O)(=O)NCCC3CCN(Cc4ccccc4)CC3)[C@@H]2c2c(Br)cccc21. The predicted molar refractivity (Wildman–Crippen MR) is 133 cm³/mol. The number of fused-ring (bicyclic) bond motifs is 3. The third kappa shape index (κ3) is 4.76. The van der Waals surface area contributed by atoms with Crippen molar-refractivity contribution in [3.63, 3.8) is 0 Å². The number of nitrogens with zero attached hydrogens (tertiary/aromatic N) is 1. The molecule has 0 bridgehead atoms. The maximum Gasteiger partial charge on any atom is 0.251 e. The lowest BCUT2D eigenvalue weighted by Gasteiger charge is -2.48. The van der Waals surface area contributed by atoms with Crippen LogP contribution in [0, 0.1) is 5.92 Å². The van der Waals surface area contributed by atoms with E-state index in [1.54, 1.807) is 6.07 Å². The van der Waals surface area contributed by atoms with Crippen LogP contribution in [-0.2, 0) is 16.6 Å². The Bertz CT molecular complexity index is 1120. The van der Waals surface area contributed by atoms with Crippen molar-refractivity contribution in [2.75, 3.05) is 19.6 Å². The average molecular weight is 533 g/mol. The van der Waals surface area contributed by atoms with Crippen LogP contribution >= 0.6 is 15.9 Å². The number of halogens is 1. The highest BCUT2D eigenvalue weighted by atomic mass is 79.9. The van der Waals surface area contributed by atoms with Gasteiger partial charge in [0.1, 0.15) is 0 Å². The third-order valence-electron chi connectivity index (χ3n) is 7.48. The van der Waals surface area contributed by atoms with Gasteiger partial charge < -0.3 is 5.32 Å². The summed E-state index contributed by atoms with van der Waals surface area (Å²) in [6.07, 6.45) is 3.55. The molecule has 0 unspecified atom stereocenters. The van der Waals surface area contributed by atoms with Gasteiger partial charge in [0.2, 0.25) is 10.0 Å². The molecule has 1 amide bonds. The lowest BCUT2D eigenvalue weighted by molar-refractivity contribution is 0.0879. The Morgan fingerprint density at radius 2 is 1.82 bits per heavy atom. The zero-order chi connectivity index (χ0) is 23.0. The third-order valence-corrected chi connectivity index (χ3v) is 10.1. The minimum absolute atomic E-state index is 0.112. The zero-order valence-corrected chi connectivity index (χ0v) is 20.9. The smallest absolute Gasteiger partial charge is 0.251 e. The molecule has 3 aliphatic rings. The highest BCUT2D eigenvalue weighted by Crippen LogP contribution is 2.47. The lowest BCUT2D eigenvalue weighted by atomic mass is 9.70. The molecule has 0 spiro atoms.